The maximum Gasteiger partial charge on any atom is 0.0350 e. The van der Waals surface area contributed by atoms with Crippen LogP contribution in [0.4, 0.5) is 5.69 Å². The number of hydrogen-bond donors (Lipinski definition) is 1. The summed E-state index contributed by atoms with van der Waals surface area (Å²) in [5.41, 5.74) is 10.5. The molecule has 0 aliphatic rings. The molecule has 0 aromatic heterocycles. The molecule has 0 atom stereocenters. The molecule has 160 valence electrons. The van der Waals surface area contributed by atoms with Crippen LogP contribution >= 0.6 is 0 Å². The summed E-state index contributed by atoms with van der Waals surface area (Å²) in [6.07, 6.45) is 0. The molecule has 1 nitrogen and oxygen atoms in total. The molecule has 0 saturated carbocycles. The largest absolute Gasteiger partial charge is 0.398 e. The normalized spacial score (nSPS) is 9.77. The van der Waals surface area contributed by atoms with Crippen molar-refractivity contribution in [2.45, 2.75) is 61.3 Å². The summed E-state index contributed by atoms with van der Waals surface area (Å²) in [6.45, 7) is 16.6. The van der Waals surface area contributed by atoms with E-state index >= 15 is 0 Å². The van der Waals surface area contributed by atoms with Crippen molar-refractivity contribution >= 4 is 27.2 Å². The SMILES string of the molecule is CC.CC.Cc1cc2ccccc2cc1N.Cc1ccc2cc(C(C)C)ccc2c1. The fourth-order valence-electron chi connectivity index (χ4n) is 3.11. The molecule has 0 amide bonds. The number of aryl methyl sites for hydroxylation is 2. The van der Waals surface area contributed by atoms with Gasteiger partial charge in [-0.3, -0.25) is 0 Å². The number of benzene rings is 4. The van der Waals surface area contributed by atoms with E-state index in [-0.39, 0.29) is 0 Å². The Labute approximate surface area is 183 Å². The zero-order valence-electron chi connectivity index (χ0n) is 20.1. The van der Waals surface area contributed by atoms with Crippen LogP contribution < -0.4 is 5.73 Å². The number of rotatable bonds is 1. The fourth-order valence-corrected chi connectivity index (χ4v) is 3.11. The molecule has 0 saturated heterocycles. The van der Waals surface area contributed by atoms with E-state index < -0.39 is 0 Å². The van der Waals surface area contributed by atoms with Crippen molar-refractivity contribution in [3.63, 3.8) is 0 Å². The van der Waals surface area contributed by atoms with Gasteiger partial charge < -0.3 is 5.73 Å². The van der Waals surface area contributed by atoms with Crippen molar-refractivity contribution in [1.82, 2.24) is 0 Å². The molecule has 30 heavy (non-hydrogen) atoms. The Kier molecular flexibility index (Phi) is 10.7. The molecule has 0 spiro atoms. The summed E-state index contributed by atoms with van der Waals surface area (Å²) >= 11 is 0. The molecule has 4 aromatic rings. The third-order valence-corrected chi connectivity index (χ3v) is 4.82. The third kappa shape index (κ3) is 6.91. The smallest absolute Gasteiger partial charge is 0.0350 e. The molecule has 4 aromatic carbocycles. The second-order valence-corrected chi connectivity index (χ2v) is 7.32. The highest BCUT2D eigenvalue weighted by Gasteiger charge is 2.00. The monoisotopic (exact) mass is 401 g/mol. The number of hydrogen-bond acceptors (Lipinski definition) is 1. The molecule has 4 rings (SSSR count). The lowest BCUT2D eigenvalue weighted by Crippen LogP contribution is -1.88. The van der Waals surface area contributed by atoms with Crippen LogP contribution in [0.5, 0.6) is 0 Å². The Morgan fingerprint density at radius 3 is 1.70 bits per heavy atom. The van der Waals surface area contributed by atoms with Crippen LogP contribution in [0.1, 0.15) is 64.2 Å². The number of nitrogens with two attached hydrogens (primary N) is 1. The summed E-state index contributed by atoms with van der Waals surface area (Å²) in [6, 6.07) is 25.7. The number of anilines is 1. The highest BCUT2D eigenvalue weighted by molar-refractivity contribution is 5.86. The molecule has 2 N–H and O–H groups in total. The molecule has 0 fully saturated rings. The van der Waals surface area contributed by atoms with Gasteiger partial charge in [0.25, 0.3) is 0 Å². The first kappa shape index (κ1) is 25.2. The Balaban J connectivity index is 0.000000260. The van der Waals surface area contributed by atoms with Gasteiger partial charge in [-0.05, 0) is 64.6 Å². The van der Waals surface area contributed by atoms with Gasteiger partial charge in [0, 0.05) is 5.69 Å². The average molecular weight is 402 g/mol. The van der Waals surface area contributed by atoms with Crippen LogP contribution in [-0.4, -0.2) is 0 Å². The standard InChI is InChI=1S/C14H16.C11H11N.2C2H6/c1-10(2)12-6-7-13-8-11(3)4-5-14(13)9-12;1-8-6-9-4-2-3-5-10(9)7-11(8)12;2*1-2/h4-10H,1-3H3;2-7H,12H2,1H3;2*1-2H3. The van der Waals surface area contributed by atoms with Crippen molar-refractivity contribution in [3.05, 3.63) is 89.5 Å². The Hall–Kier alpha value is -2.80. The summed E-state index contributed by atoms with van der Waals surface area (Å²) in [5, 5.41) is 5.15. The molecular formula is C29H39N. The van der Waals surface area contributed by atoms with Gasteiger partial charge >= 0.3 is 0 Å². The van der Waals surface area contributed by atoms with E-state index in [0.29, 0.717) is 5.92 Å². The maximum atomic E-state index is 5.79. The first-order valence-corrected chi connectivity index (χ1v) is 11.2. The van der Waals surface area contributed by atoms with Crippen molar-refractivity contribution in [2.24, 2.45) is 0 Å². The predicted octanol–water partition coefficient (Wildman–Crippen LogP) is 9.05. The van der Waals surface area contributed by atoms with Crippen LogP contribution in [0.2, 0.25) is 0 Å². The van der Waals surface area contributed by atoms with Gasteiger partial charge in [-0.2, -0.15) is 0 Å². The van der Waals surface area contributed by atoms with Gasteiger partial charge in [0.1, 0.15) is 0 Å². The summed E-state index contributed by atoms with van der Waals surface area (Å²) in [4.78, 5) is 0. The summed E-state index contributed by atoms with van der Waals surface area (Å²) in [5.74, 6) is 0.612. The van der Waals surface area contributed by atoms with Gasteiger partial charge in [0.05, 0.1) is 0 Å². The zero-order valence-corrected chi connectivity index (χ0v) is 20.1. The van der Waals surface area contributed by atoms with Crippen molar-refractivity contribution < 1.29 is 0 Å². The van der Waals surface area contributed by atoms with Gasteiger partial charge in [-0.15, -0.1) is 0 Å². The van der Waals surface area contributed by atoms with E-state index in [2.05, 4.69) is 75.4 Å². The van der Waals surface area contributed by atoms with E-state index in [0.717, 1.165) is 11.3 Å². The predicted molar refractivity (Wildman–Crippen MR) is 139 cm³/mol. The Bertz CT molecular complexity index is 1000. The third-order valence-electron chi connectivity index (χ3n) is 4.82. The minimum Gasteiger partial charge on any atom is -0.398 e. The van der Waals surface area contributed by atoms with Crippen LogP contribution in [0.3, 0.4) is 0 Å². The number of nitrogen functional groups attached to an aromatic ring is 1. The Morgan fingerprint density at radius 1 is 0.600 bits per heavy atom. The minimum absolute atomic E-state index is 0.612. The van der Waals surface area contributed by atoms with Gasteiger partial charge in [-0.1, -0.05) is 108 Å². The zero-order chi connectivity index (χ0) is 22.7. The van der Waals surface area contributed by atoms with Crippen LogP contribution in [0.25, 0.3) is 21.5 Å². The van der Waals surface area contributed by atoms with E-state index in [9.17, 15) is 0 Å². The highest BCUT2D eigenvalue weighted by Crippen LogP contribution is 2.22. The van der Waals surface area contributed by atoms with Crippen molar-refractivity contribution in [1.29, 1.82) is 0 Å². The quantitative estimate of drug-likeness (QED) is 0.316. The molecule has 0 bridgehead atoms. The van der Waals surface area contributed by atoms with E-state index in [1.807, 2.05) is 52.8 Å². The maximum absolute atomic E-state index is 5.79. The topological polar surface area (TPSA) is 26.0 Å². The first-order valence-electron chi connectivity index (χ1n) is 11.2. The molecule has 0 aliphatic heterocycles. The Morgan fingerprint density at radius 2 is 1.10 bits per heavy atom. The molecule has 1 heteroatoms. The van der Waals surface area contributed by atoms with E-state index in [1.165, 1.54) is 32.7 Å². The van der Waals surface area contributed by atoms with Crippen LogP contribution in [0.15, 0.2) is 72.8 Å². The lowest BCUT2D eigenvalue weighted by atomic mass is 9.98. The second kappa shape index (κ2) is 12.7. The minimum atomic E-state index is 0.612. The highest BCUT2D eigenvalue weighted by atomic mass is 14.5. The molecule has 0 unspecified atom stereocenters. The van der Waals surface area contributed by atoms with Crippen LogP contribution in [0, 0.1) is 13.8 Å². The lowest BCUT2D eigenvalue weighted by Gasteiger charge is -2.07. The first-order chi connectivity index (χ1) is 14.4. The van der Waals surface area contributed by atoms with Gasteiger partial charge in [-0.25, -0.2) is 0 Å². The molecule has 0 heterocycles. The molecule has 0 aliphatic carbocycles. The molecular weight excluding hydrogens is 362 g/mol. The summed E-state index contributed by atoms with van der Waals surface area (Å²) in [7, 11) is 0. The molecule has 0 radical (unpaired) electrons. The fraction of sp³-hybridized carbons (Fsp3) is 0.310. The number of fused-ring (bicyclic) bond motifs is 2. The lowest BCUT2D eigenvalue weighted by molar-refractivity contribution is 0.869. The summed E-state index contributed by atoms with van der Waals surface area (Å²) < 4.78 is 0. The van der Waals surface area contributed by atoms with Gasteiger partial charge in [0.15, 0.2) is 0 Å². The van der Waals surface area contributed by atoms with E-state index in [1.54, 1.807) is 0 Å². The van der Waals surface area contributed by atoms with Gasteiger partial charge in [0.2, 0.25) is 0 Å². The average Bonchev–Trinajstić information content (AvgIpc) is 2.77. The second-order valence-electron chi connectivity index (χ2n) is 7.32. The van der Waals surface area contributed by atoms with Crippen LogP contribution in [-0.2, 0) is 0 Å². The van der Waals surface area contributed by atoms with Crippen molar-refractivity contribution in [3.8, 4) is 0 Å². The van der Waals surface area contributed by atoms with E-state index in [4.69, 9.17) is 5.73 Å². The van der Waals surface area contributed by atoms with Crippen molar-refractivity contribution in [2.75, 3.05) is 5.73 Å².